The van der Waals surface area contributed by atoms with Gasteiger partial charge in [0, 0.05) is 18.6 Å². The second-order valence-electron chi connectivity index (χ2n) is 6.81. The maximum Gasteiger partial charge on any atom is 0.0195 e. The molecule has 2 fully saturated rings. The Kier molecular flexibility index (Phi) is 5.50. The van der Waals surface area contributed by atoms with Crippen molar-refractivity contribution in [1.29, 1.82) is 0 Å². The van der Waals surface area contributed by atoms with Gasteiger partial charge in [-0.25, -0.2) is 0 Å². The molecule has 1 aliphatic carbocycles. The maximum atomic E-state index is 3.70. The second-order valence-corrected chi connectivity index (χ2v) is 6.81. The molecule has 0 amide bonds. The molecule has 3 unspecified atom stereocenters. The van der Waals surface area contributed by atoms with Crippen LogP contribution in [0.1, 0.15) is 59.3 Å². The molecule has 1 saturated carbocycles. The molecule has 2 heteroatoms. The average Bonchev–Trinajstić information content (AvgIpc) is 2.36. The van der Waals surface area contributed by atoms with Gasteiger partial charge in [0.25, 0.3) is 0 Å². The van der Waals surface area contributed by atoms with Crippen molar-refractivity contribution in [1.82, 2.24) is 10.2 Å². The Balaban J connectivity index is 1.86. The summed E-state index contributed by atoms with van der Waals surface area (Å²) in [5.74, 6) is 1.85. The van der Waals surface area contributed by atoms with E-state index in [4.69, 9.17) is 0 Å². The van der Waals surface area contributed by atoms with E-state index in [2.05, 4.69) is 31.0 Å². The normalized spacial score (nSPS) is 38.0. The summed E-state index contributed by atoms with van der Waals surface area (Å²) in [5.41, 5.74) is 0. The molecule has 2 nitrogen and oxygen atoms in total. The number of piperidine rings is 1. The molecule has 0 spiro atoms. The van der Waals surface area contributed by atoms with Crippen molar-refractivity contribution in [2.75, 3.05) is 19.6 Å². The van der Waals surface area contributed by atoms with Crippen LogP contribution in [0.5, 0.6) is 0 Å². The maximum absolute atomic E-state index is 3.70. The van der Waals surface area contributed by atoms with Crippen molar-refractivity contribution in [3.63, 3.8) is 0 Å². The Morgan fingerprint density at radius 3 is 2.33 bits per heavy atom. The van der Waals surface area contributed by atoms with Crippen LogP contribution in [0.2, 0.25) is 0 Å². The zero-order chi connectivity index (χ0) is 13.0. The molecule has 2 aliphatic rings. The molecule has 0 aromatic heterocycles. The Morgan fingerprint density at radius 2 is 1.78 bits per heavy atom. The molecule has 0 aromatic rings. The summed E-state index contributed by atoms with van der Waals surface area (Å²) >= 11 is 0. The molecular weight excluding hydrogens is 220 g/mol. The van der Waals surface area contributed by atoms with E-state index >= 15 is 0 Å². The minimum atomic E-state index is 0.756. The molecule has 0 radical (unpaired) electrons. The van der Waals surface area contributed by atoms with E-state index in [0.717, 1.165) is 23.9 Å². The van der Waals surface area contributed by atoms with Crippen LogP contribution in [0.3, 0.4) is 0 Å². The van der Waals surface area contributed by atoms with Gasteiger partial charge in [-0.05, 0) is 57.0 Å². The topological polar surface area (TPSA) is 15.3 Å². The van der Waals surface area contributed by atoms with Crippen LogP contribution >= 0.6 is 0 Å². The van der Waals surface area contributed by atoms with Gasteiger partial charge in [-0.1, -0.05) is 27.2 Å². The molecule has 106 valence electrons. The Bertz CT molecular complexity index is 225. The van der Waals surface area contributed by atoms with E-state index in [1.807, 2.05) is 0 Å². The third kappa shape index (κ3) is 3.96. The van der Waals surface area contributed by atoms with Crippen molar-refractivity contribution >= 4 is 0 Å². The van der Waals surface area contributed by atoms with E-state index < -0.39 is 0 Å². The summed E-state index contributed by atoms with van der Waals surface area (Å²) in [4.78, 5) is 2.76. The minimum Gasteiger partial charge on any atom is -0.313 e. The van der Waals surface area contributed by atoms with Crippen LogP contribution in [0, 0.1) is 11.8 Å². The van der Waals surface area contributed by atoms with Crippen molar-refractivity contribution in [2.45, 2.75) is 71.4 Å². The second kappa shape index (κ2) is 6.91. The molecule has 1 aliphatic heterocycles. The van der Waals surface area contributed by atoms with Gasteiger partial charge in [0.05, 0.1) is 0 Å². The monoisotopic (exact) mass is 252 g/mol. The largest absolute Gasteiger partial charge is 0.313 e. The van der Waals surface area contributed by atoms with Gasteiger partial charge in [0.15, 0.2) is 0 Å². The summed E-state index contributed by atoms with van der Waals surface area (Å²) in [7, 11) is 0. The van der Waals surface area contributed by atoms with Crippen LogP contribution < -0.4 is 5.32 Å². The first kappa shape index (κ1) is 14.3. The zero-order valence-electron chi connectivity index (χ0n) is 12.6. The van der Waals surface area contributed by atoms with Crippen molar-refractivity contribution in [3.05, 3.63) is 0 Å². The van der Waals surface area contributed by atoms with E-state index in [-0.39, 0.29) is 0 Å². The zero-order valence-corrected chi connectivity index (χ0v) is 12.6. The lowest BCUT2D eigenvalue weighted by Gasteiger charge is -2.41. The van der Waals surface area contributed by atoms with Crippen LogP contribution in [0.15, 0.2) is 0 Å². The number of nitrogens with one attached hydrogen (secondary N) is 1. The predicted molar refractivity (Wildman–Crippen MR) is 78.9 cm³/mol. The summed E-state index contributed by atoms with van der Waals surface area (Å²) < 4.78 is 0. The number of nitrogens with zero attached hydrogens (tertiary/aromatic N) is 1. The van der Waals surface area contributed by atoms with Gasteiger partial charge in [0.2, 0.25) is 0 Å². The lowest BCUT2D eigenvalue weighted by atomic mass is 9.79. The molecule has 1 heterocycles. The Hall–Kier alpha value is -0.0800. The highest BCUT2D eigenvalue weighted by atomic mass is 15.2. The van der Waals surface area contributed by atoms with E-state index in [1.165, 1.54) is 58.2 Å². The minimum absolute atomic E-state index is 0.756. The third-order valence-corrected chi connectivity index (χ3v) is 4.94. The lowest BCUT2D eigenvalue weighted by Crippen LogP contribution is -2.48. The first-order chi connectivity index (χ1) is 8.69. The SMILES string of the molecule is CCN(CC1CCCCN1)C1CC(C)CC(C)C1. The molecule has 2 rings (SSSR count). The number of rotatable bonds is 4. The highest BCUT2D eigenvalue weighted by Gasteiger charge is 2.29. The third-order valence-electron chi connectivity index (χ3n) is 4.94. The standard InChI is InChI=1S/C16H32N2/c1-4-18(12-15-7-5-6-8-17-15)16-10-13(2)9-14(3)11-16/h13-17H,4-12H2,1-3H3. The van der Waals surface area contributed by atoms with Crippen LogP contribution in [-0.4, -0.2) is 36.6 Å². The average molecular weight is 252 g/mol. The Morgan fingerprint density at radius 1 is 1.06 bits per heavy atom. The highest BCUT2D eigenvalue weighted by molar-refractivity contribution is 4.85. The van der Waals surface area contributed by atoms with Crippen LogP contribution in [0.25, 0.3) is 0 Å². The molecule has 1 saturated heterocycles. The van der Waals surface area contributed by atoms with Gasteiger partial charge >= 0.3 is 0 Å². The number of hydrogen-bond acceptors (Lipinski definition) is 2. The van der Waals surface area contributed by atoms with Crippen LogP contribution in [-0.2, 0) is 0 Å². The van der Waals surface area contributed by atoms with Crippen LogP contribution in [0.4, 0.5) is 0 Å². The molecule has 1 N–H and O–H groups in total. The van der Waals surface area contributed by atoms with Gasteiger partial charge < -0.3 is 5.32 Å². The van der Waals surface area contributed by atoms with Crippen molar-refractivity contribution < 1.29 is 0 Å². The fourth-order valence-electron chi connectivity index (χ4n) is 4.10. The smallest absolute Gasteiger partial charge is 0.0195 e. The number of likely N-dealkylation sites (N-methyl/N-ethyl adjacent to an activating group) is 1. The summed E-state index contributed by atoms with van der Waals surface area (Å²) in [6, 6.07) is 1.60. The first-order valence-electron chi connectivity index (χ1n) is 8.16. The van der Waals surface area contributed by atoms with Gasteiger partial charge in [-0.3, -0.25) is 4.90 Å². The number of hydrogen-bond donors (Lipinski definition) is 1. The summed E-state index contributed by atoms with van der Waals surface area (Å²) in [6.45, 7) is 11.0. The fraction of sp³-hybridized carbons (Fsp3) is 1.00. The quantitative estimate of drug-likeness (QED) is 0.826. The Labute approximate surface area is 114 Å². The molecular formula is C16H32N2. The first-order valence-corrected chi connectivity index (χ1v) is 8.16. The molecule has 0 aromatic carbocycles. The summed E-state index contributed by atoms with van der Waals surface area (Å²) in [5, 5.41) is 3.70. The van der Waals surface area contributed by atoms with E-state index in [0.29, 0.717) is 0 Å². The van der Waals surface area contributed by atoms with Gasteiger partial charge in [-0.2, -0.15) is 0 Å². The van der Waals surface area contributed by atoms with Crippen molar-refractivity contribution in [2.24, 2.45) is 11.8 Å². The van der Waals surface area contributed by atoms with E-state index in [9.17, 15) is 0 Å². The summed E-state index contributed by atoms with van der Waals surface area (Å²) in [6.07, 6.45) is 8.46. The molecule has 18 heavy (non-hydrogen) atoms. The molecule has 0 bridgehead atoms. The van der Waals surface area contributed by atoms with E-state index in [1.54, 1.807) is 0 Å². The fourth-order valence-corrected chi connectivity index (χ4v) is 4.10. The highest BCUT2D eigenvalue weighted by Crippen LogP contribution is 2.31. The lowest BCUT2D eigenvalue weighted by molar-refractivity contribution is 0.100. The molecule has 3 atom stereocenters. The van der Waals surface area contributed by atoms with Crippen molar-refractivity contribution in [3.8, 4) is 0 Å². The van der Waals surface area contributed by atoms with Gasteiger partial charge in [0.1, 0.15) is 0 Å². The van der Waals surface area contributed by atoms with Gasteiger partial charge in [-0.15, -0.1) is 0 Å². The predicted octanol–water partition coefficient (Wildman–Crippen LogP) is 3.28.